The standard InChI is InChI=1S/C16H23NO/c1-2-13-7-6-10-15(12-11-13)17-16(18)14-8-4-3-5-9-14/h3-5,8-9,13,15H,2,6-7,10-12H2,1H3,(H,17,18). The predicted octanol–water partition coefficient (Wildman–Crippen LogP) is 3.78. The molecule has 0 heterocycles. The summed E-state index contributed by atoms with van der Waals surface area (Å²) < 4.78 is 0. The Morgan fingerprint density at radius 2 is 1.94 bits per heavy atom. The normalized spacial score (nSPS) is 24.3. The summed E-state index contributed by atoms with van der Waals surface area (Å²) in [5.41, 5.74) is 0.772. The summed E-state index contributed by atoms with van der Waals surface area (Å²) in [5, 5.41) is 3.18. The Kier molecular flexibility index (Phi) is 4.80. The number of carbonyl (C=O) groups excluding carboxylic acids is 1. The third-order valence-electron chi connectivity index (χ3n) is 4.04. The van der Waals surface area contributed by atoms with Gasteiger partial charge in [-0.15, -0.1) is 0 Å². The zero-order chi connectivity index (χ0) is 12.8. The smallest absolute Gasteiger partial charge is 0.251 e. The van der Waals surface area contributed by atoms with Gasteiger partial charge in [-0.25, -0.2) is 0 Å². The molecule has 18 heavy (non-hydrogen) atoms. The van der Waals surface area contributed by atoms with E-state index in [9.17, 15) is 4.79 Å². The highest BCUT2D eigenvalue weighted by Crippen LogP contribution is 2.25. The minimum absolute atomic E-state index is 0.0792. The van der Waals surface area contributed by atoms with Crippen molar-refractivity contribution in [3.63, 3.8) is 0 Å². The van der Waals surface area contributed by atoms with Gasteiger partial charge in [0.2, 0.25) is 0 Å². The highest BCUT2D eigenvalue weighted by molar-refractivity contribution is 5.94. The monoisotopic (exact) mass is 245 g/mol. The van der Waals surface area contributed by atoms with Crippen LogP contribution < -0.4 is 5.32 Å². The van der Waals surface area contributed by atoms with Crippen LogP contribution in [0, 0.1) is 5.92 Å². The van der Waals surface area contributed by atoms with Crippen molar-refractivity contribution in [1.82, 2.24) is 5.32 Å². The maximum atomic E-state index is 12.1. The number of hydrogen-bond donors (Lipinski definition) is 1. The van der Waals surface area contributed by atoms with E-state index in [1.54, 1.807) is 0 Å². The maximum Gasteiger partial charge on any atom is 0.251 e. The summed E-state index contributed by atoms with van der Waals surface area (Å²) in [5.74, 6) is 0.944. The molecule has 1 N–H and O–H groups in total. The topological polar surface area (TPSA) is 29.1 Å². The van der Waals surface area contributed by atoms with Gasteiger partial charge < -0.3 is 5.32 Å². The quantitative estimate of drug-likeness (QED) is 0.807. The van der Waals surface area contributed by atoms with Crippen LogP contribution in [0.15, 0.2) is 30.3 Å². The summed E-state index contributed by atoms with van der Waals surface area (Å²) in [7, 11) is 0. The number of rotatable bonds is 3. The first-order valence-corrected chi connectivity index (χ1v) is 7.15. The molecule has 1 aliphatic carbocycles. The fourth-order valence-corrected chi connectivity index (χ4v) is 2.79. The van der Waals surface area contributed by atoms with E-state index in [4.69, 9.17) is 0 Å². The first-order valence-electron chi connectivity index (χ1n) is 7.15. The van der Waals surface area contributed by atoms with Crippen LogP contribution in [0.3, 0.4) is 0 Å². The molecule has 1 fully saturated rings. The SMILES string of the molecule is CCC1CCCC(NC(=O)c2ccccc2)CC1. The van der Waals surface area contributed by atoms with Crippen LogP contribution in [0.25, 0.3) is 0 Å². The van der Waals surface area contributed by atoms with E-state index in [-0.39, 0.29) is 5.91 Å². The van der Waals surface area contributed by atoms with E-state index in [1.165, 1.54) is 25.7 Å². The van der Waals surface area contributed by atoms with Gasteiger partial charge in [0.15, 0.2) is 0 Å². The minimum Gasteiger partial charge on any atom is -0.349 e. The molecular formula is C16H23NO. The number of hydrogen-bond acceptors (Lipinski definition) is 1. The van der Waals surface area contributed by atoms with Crippen molar-refractivity contribution in [2.75, 3.05) is 0 Å². The van der Waals surface area contributed by atoms with E-state index in [2.05, 4.69) is 12.2 Å². The van der Waals surface area contributed by atoms with Crippen LogP contribution in [0.2, 0.25) is 0 Å². The van der Waals surface area contributed by atoms with E-state index in [0.29, 0.717) is 6.04 Å². The zero-order valence-corrected chi connectivity index (χ0v) is 11.2. The van der Waals surface area contributed by atoms with Crippen LogP contribution in [0.5, 0.6) is 0 Å². The van der Waals surface area contributed by atoms with Crippen molar-refractivity contribution in [2.45, 2.75) is 51.5 Å². The predicted molar refractivity (Wildman–Crippen MR) is 74.6 cm³/mol. The Bertz CT molecular complexity index is 374. The lowest BCUT2D eigenvalue weighted by atomic mass is 9.98. The molecule has 0 saturated heterocycles. The van der Waals surface area contributed by atoms with Gasteiger partial charge in [0.25, 0.3) is 5.91 Å². The number of benzene rings is 1. The molecule has 98 valence electrons. The van der Waals surface area contributed by atoms with Gasteiger partial charge in [-0.05, 0) is 37.3 Å². The molecule has 1 aliphatic rings. The molecule has 0 aliphatic heterocycles. The molecular weight excluding hydrogens is 222 g/mol. The Balaban J connectivity index is 1.88. The molecule has 1 saturated carbocycles. The average Bonchev–Trinajstić information content (AvgIpc) is 2.65. The third-order valence-corrected chi connectivity index (χ3v) is 4.04. The molecule has 1 amide bonds. The largest absolute Gasteiger partial charge is 0.349 e. The Morgan fingerprint density at radius 3 is 2.67 bits per heavy atom. The van der Waals surface area contributed by atoms with E-state index in [0.717, 1.165) is 24.3 Å². The highest BCUT2D eigenvalue weighted by Gasteiger charge is 2.19. The van der Waals surface area contributed by atoms with Crippen LogP contribution >= 0.6 is 0 Å². The lowest BCUT2D eigenvalue weighted by Gasteiger charge is -2.16. The molecule has 2 rings (SSSR count). The second-order valence-electron chi connectivity index (χ2n) is 5.32. The molecule has 2 unspecified atom stereocenters. The first-order chi connectivity index (χ1) is 8.79. The van der Waals surface area contributed by atoms with Crippen LogP contribution in [-0.4, -0.2) is 11.9 Å². The van der Waals surface area contributed by atoms with Crippen molar-refractivity contribution < 1.29 is 4.79 Å². The van der Waals surface area contributed by atoms with Crippen molar-refractivity contribution in [1.29, 1.82) is 0 Å². The van der Waals surface area contributed by atoms with Crippen LogP contribution in [-0.2, 0) is 0 Å². The van der Waals surface area contributed by atoms with Gasteiger partial charge in [0, 0.05) is 11.6 Å². The van der Waals surface area contributed by atoms with Crippen molar-refractivity contribution >= 4 is 5.91 Å². The van der Waals surface area contributed by atoms with Crippen LogP contribution in [0.1, 0.15) is 55.8 Å². The summed E-state index contributed by atoms with van der Waals surface area (Å²) in [6.45, 7) is 2.27. The third kappa shape index (κ3) is 3.59. The minimum atomic E-state index is 0.0792. The fourth-order valence-electron chi connectivity index (χ4n) is 2.79. The summed E-state index contributed by atoms with van der Waals surface area (Å²) in [6, 6.07) is 9.88. The molecule has 0 aromatic heterocycles. The van der Waals surface area contributed by atoms with Gasteiger partial charge in [0.1, 0.15) is 0 Å². The summed E-state index contributed by atoms with van der Waals surface area (Å²) in [4.78, 5) is 12.1. The van der Waals surface area contributed by atoms with E-state index < -0.39 is 0 Å². The second kappa shape index (κ2) is 6.58. The average molecular weight is 245 g/mol. The number of nitrogens with one attached hydrogen (secondary N) is 1. The highest BCUT2D eigenvalue weighted by atomic mass is 16.1. The Labute approximate surface area is 110 Å². The van der Waals surface area contributed by atoms with Crippen molar-refractivity contribution in [2.24, 2.45) is 5.92 Å². The number of amides is 1. The molecule has 0 radical (unpaired) electrons. The van der Waals surface area contributed by atoms with Gasteiger partial charge in [-0.1, -0.05) is 44.4 Å². The number of carbonyl (C=O) groups is 1. The molecule has 1 aromatic carbocycles. The lowest BCUT2D eigenvalue weighted by Crippen LogP contribution is -2.34. The molecule has 0 spiro atoms. The van der Waals surface area contributed by atoms with Gasteiger partial charge >= 0.3 is 0 Å². The van der Waals surface area contributed by atoms with Gasteiger partial charge in [-0.3, -0.25) is 4.79 Å². The molecule has 2 atom stereocenters. The first kappa shape index (κ1) is 13.1. The molecule has 0 bridgehead atoms. The van der Waals surface area contributed by atoms with Crippen LogP contribution in [0.4, 0.5) is 0 Å². The van der Waals surface area contributed by atoms with E-state index in [1.807, 2.05) is 30.3 Å². The molecule has 2 heteroatoms. The lowest BCUT2D eigenvalue weighted by molar-refractivity contribution is 0.0933. The molecule has 1 aromatic rings. The fraction of sp³-hybridized carbons (Fsp3) is 0.562. The zero-order valence-electron chi connectivity index (χ0n) is 11.2. The van der Waals surface area contributed by atoms with E-state index >= 15 is 0 Å². The van der Waals surface area contributed by atoms with Gasteiger partial charge in [-0.2, -0.15) is 0 Å². The summed E-state index contributed by atoms with van der Waals surface area (Å²) >= 11 is 0. The van der Waals surface area contributed by atoms with Gasteiger partial charge in [0.05, 0.1) is 0 Å². The second-order valence-corrected chi connectivity index (χ2v) is 5.32. The Hall–Kier alpha value is -1.31. The maximum absolute atomic E-state index is 12.1. The molecule has 2 nitrogen and oxygen atoms in total. The summed E-state index contributed by atoms with van der Waals surface area (Å²) in [6.07, 6.45) is 7.38. The van der Waals surface area contributed by atoms with Crippen molar-refractivity contribution in [3.05, 3.63) is 35.9 Å². The Morgan fingerprint density at radius 1 is 1.17 bits per heavy atom. The van der Waals surface area contributed by atoms with Crippen molar-refractivity contribution in [3.8, 4) is 0 Å².